The molecule has 2 aromatic rings. The van der Waals surface area contributed by atoms with Crippen molar-refractivity contribution in [1.82, 2.24) is 4.98 Å². The first-order chi connectivity index (χ1) is 9.50. The molecule has 20 heavy (non-hydrogen) atoms. The van der Waals surface area contributed by atoms with Gasteiger partial charge in [0.1, 0.15) is 0 Å². The molecule has 0 saturated heterocycles. The number of rotatable bonds is 4. The lowest BCUT2D eigenvalue weighted by Crippen LogP contribution is -2.10. The van der Waals surface area contributed by atoms with Gasteiger partial charge in [0.25, 0.3) is 0 Å². The minimum absolute atomic E-state index is 0.172. The van der Waals surface area contributed by atoms with E-state index in [2.05, 4.69) is 55.3 Å². The van der Waals surface area contributed by atoms with Crippen LogP contribution in [0.5, 0.6) is 5.75 Å². The summed E-state index contributed by atoms with van der Waals surface area (Å²) < 4.78 is 5.56. The van der Waals surface area contributed by atoms with E-state index in [-0.39, 0.29) is 5.41 Å². The highest BCUT2D eigenvalue weighted by atomic mass is 16.5. The molecule has 0 fully saturated rings. The third-order valence-electron chi connectivity index (χ3n) is 3.11. The van der Waals surface area contributed by atoms with Crippen LogP contribution in [0.25, 0.3) is 0 Å². The maximum atomic E-state index is 5.56. The zero-order valence-corrected chi connectivity index (χ0v) is 12.6. The number of anilines is 2. The molecule has 3 heteroatoms. The molecule has 106 valence electrons. The molecule has 1 aromatic carbocycles. The van der Waals surface area contributed by atoms with Crippen molar-refractivity contribution >= 4 is 11.4 Å². The standard InChI is InChI=1S/C17H22N2O/c1-5-20-16-12-18-11-10-15(16)19-14-8-6-13(7-9-14)17(2,3)4/h6-12H,5H2,1-4H3,(H,18,19). The van der Waals surface area contributed by atoms with Crippen molar-refractivity contribution in [2.75, 3.05) is 11.9 Å². The van der Waals surface area contributed by atoms with Crippen molar-refractivity contribution in [3.63, 3.8) is 0 Å². The second kappa shape index (κ2) is 5.95. The maximum Gasteiger partial charge on any atom is 0.160 e. The smallest absolute Gasteiger partial charge is 0.160 e. The highest BCUT2D eigenvalue weighted by Gasteiger charge is 2.13. The van der Waals surface area contributed by atoms with E-state index in [0.717, 1.165) is 17.1 Å². The summed E-state index contributed by atoms with van der Waals surface area (Å²) in [5.74, 6) is 0.773. The monoisotopic (exact) mass is 270 g/mol. The summed E-state index contributed by atoms with van der Waals surface area (Å²) in [6.07, 6.45) is 3.49. The van der Waals surface area contributed by atoms with E-state index in [9.17, 15) is 0 Å². The predicted molar refractivity (Wildman–Crippen MR) is 83.8 cm³/mol. The van der Waals surface area contributed by atoms with Gasteiger partial charge in [-0.15, -0.1) is 0 Å². The van der Waals surface area contributed by atoms with Crippen LogP contribution >= 0.6 is 0 Å². The summed E-state index contributed by atoms with van der Waals surface area (Å²) in [4.78, 5) is 4.09. The third kappa shape index (κ3) is 3.50. The van der Waals surface area contributed by atoms with Crippen LogP contribution in [0.1, 0.15) is 33.3 Å². The minimum Gasteiger partial charge on any atom is -0.490 e. The second-order valence-corrected chi connectivity index (χ2v) is 5.76. The molecule has 0 atom stereocenters. The van der Waals surface area contributed by atoms with Gasteiger partial charge in [0.2, 0.25) is 0 Å². The fourth-order valence-corrected chi connectivity index (χ4v) is 1.96. The minimum atomic E-state index is 0.172. The van der Waals surface area contributed by atoms with Gasteiger partial charge in [-0.05, 0) is 36.1 Å². The molecule has 0 aliphatic carbocycles. The Hall–Kier alpha value is -2.03. The van der Waals surface area contributed by atoms with E-state index >= 15 is 0 Å². The van der Waals surface area contributed by atoms with Crippen LogP contribution in [0, 0.1) is 0 Å². The van der Waals surface area contributed by atoms with Crippen LogP contribution in [0.4, 0.5) is 11.4 Å². The fourth-order valence-electron chi connectivity index (χ4n) is 1.96. The largest absolute Gasteiger partial charge is 0.490 e. The topological polar surface area (TPSA) is 34.1 Å². The normalized spacial score (nSPS) is 11.2. The number of nitrogens with one attached hydrogen (secondary N) is 1. The van der Waals surface area contributed by atoms with Gasteiger partial charge in [-0.3, -0.25) is 4.98 Å². The first-order valence-corrected chi connectivity index (χ1v) is 6.95. The van der Waals surface area contributed by atoms with Crippen molar-refractivity contribution < 1.29 is 4.74 Å². The summed E-state index contributed by atoms with van der Waals surface area (Å²) in [6.45, 7) is 9.24. The Morgan fingerprint density at radius 3 is 2.40 bits per heavy atom. The van der Waals surface area contributed by atoms with Crippen LogP contribution in [0.15, 0.2) is 42.7 Å². The zero-order valence-electron chi connectivity index (χ0n) is 12.6. The van der Waals surface area contributed by atoms with E-state index in [0.29, 0.717) is 6.61 Å². The van der Waals surface area contributed by atoms with Crippen molar-refractivity contribution in [2.24, 2.45) is 0 Å². The van der Waals surface area contributed by atoms with Crippen molar-refractivity contribution in [1.29, 1.82) is 0 Å². The van der Waals surface area contributed by atoms with E-state index in [1.165, 1.54) is 5.56 Å². The molecule has 3 nitrogen and oxygen atoms in total. The SMILES string of the molecule is CCOc1cnccc1Nc1ccc(C(C)(C)C)cc1. The average Bonchev–Trinajstić information content (AvgIpc) is 2.41. The first-order valence-electron chi connectivity index (χ1n) is 6.95. The van der Waals surface area contributed by atoms with Crippen LogP contribution in [0.3, 0.4) is 0 Å². The summed E-state index contributed by atoms with van der Waals surface area (Å²) in [5.41, 5.74) is 3.48. The molecule has 1 aromatic heterocycles. The number of nitrogens with zero attached hydrogens (tertiary/aromatic N) is 1. The Balaban J connectivity index is 2.18. The Morgan fingerprint density at radius 2 is 1.80 bits per heavy atom. The highest BCUT2D eigenvalue weighted by molar-refractivity contribution is 5.65. The number of pyridine rings is 1. The summed E-state index contributed by atoms with van der Waals surface area (Å²) in [6, 6.07) is 10.4. The first kappa shape index (κ1) is 14.4. The predicted octanol–water partition coefficient (Wildman–Crippen LogP) is 4.52. The van der Waals surface area contributed by atoms with Crippen LogP contribution in [-0.4, -0.2) is 11.6 Å². The third-order valence-corrected chi connectivity index (χ3v) is 3.11. The maximum absolute atomic E-state index is 5.56. The molecule has 0 aliphatic heterocycles. The van der Waals surface area contributed by atoms with Crippen LogP contribution in [0.2, 0.25) is 0 Å². The van der Waals surface area contributed by atoms with Crippen molar-refractivity contribution in [3.05, 3.63) is 48.3 Å². The Bertz CT molecular complexity index is 556. The molecule has 0 radical (unpaired) electrons. The second-order valence-electron chi connectivity index (χ2n) is 5.76. The molecule has 0 unspecified atom stereocenters. The van der Waals surface area contributed by atoms with Crippen LogP contribution < -0.4 is 10.1 Å². The van der Waals surface area contributed by atoms with Gasteiger partial charge < -0.3 is 10.1 Å². The zero-order chi connectivity index (χ0) is 14.6. The number of ether oxygens (including phenoxy) is 1. The molecule has 1 heterocycles. The van der Waals surface area contributed by atoms with E-state index in [1.807, 2.05) is 13.0 Å². The number of hydrogen-bond acceptors (Lipinski definition) is 3. The molecular formula is C17H22N2O. The van der Waals surface area contributed by atoms with Gasteiger partial charge >= 0.3 is 0 Å². The van der Waals surface area contributed by atoms with Gasteiger partial charge in [0.15, 0.2) is 5.75 Å². The van der Waals surface area contributed by atoms with Gasteiger partial charge in [-0.1, -0.05) is 32.9 Å². The Labute approximate surface area is 121 Å². The molecule has 1 N–H and O–H groups in total. The summed E-state index contributed by atoms with van der Waals surface area (Å²) >= 11 is 0. The summed E-state index contributed by atoms with van der Waals surface area (Å²) in [7, 11) is 0. The van der Waals surface area contributed by atoms with Gasteiger partial charge in [0.05, 0.1) is 18.5 Å². The summed E-state index contributed by atoms with van der Waals surface area (Å²) in [5, 5.41) is 3.37. The lowest BCUT2D eigenvalue weighted by atomic mass is 9.87. The van der Waals surface area contributed by atoms with Gasteiger partial charge in [-0.2, -0.15) is 0 Å². The lowest BCUT2D eigenvalue weighted by Gasteiger charge is -2.19. The fraction of sp³-hybridized carbons (Fsp3) is 0.353. The molecule has 0 amide bonds. The number of aromatic nitrogens is 1. The van der Waals surface area contributed by atoms with E-state index in [1.54, 1.807) is 12.4 Å². The van der Waals surface area contributed by atoms with Crippen molar-refractivity contribution in [3.8, 4) is 5.75 Å². The molecule has 2 rings (SSSR count). The number of hydrogen-bond donors (Lipinski definition) is 1. The highest BCUT2D eigenvalue weighted by Crippen LogP contribution is 2.28. The van der Waals surface area contributed by atoms with Crippen molar-refractivity contribution in [2.45, 2.75) is 33.1 Å². The number of benzene rings is 1. The average molecular weight is 270 g/mol. The Kier molecular flexibility index (Phi) is 4.28. The molecule has 0 spiro atoms. The molecule has 0 saturated carbocycles. The van der Waals surface area contributed by atoms with Gasteiger partial charge in [-0.25, -0.2) is 0 Å². The van der Waals surface area contributed by atoms with E-state index < -0.39 is 0 Å². The molecular weight excluding hydrogens is 248 g/mol. The van der Waals surface area contributed by atoms with E-state index in [4.69, 9.17) is 4.74 Å². The Morgan fingerprint density at radius 1 is 1.10 bits per heavy atom. The quantitative estimate of drug-likeness (QED) is 0.886. The molecule has 0 aliphatic rings. The molecule has 0 bridgehead atoms. The van der Waals surface area contributed by atoms with Crippen LogP contribution in [-0.2, 0) is 5.41 Å². The lowest BCUT2D eigenvalue weighted by molar-refractivity contribution is 0.340. The van der Waals surface area contributed by atoms with Gasteiger partial charge in [0, 0.05) is 11.9 Å².